The van der Waals surface area contributed by atoms with Crippen molar-refractivity contribution in [3.8, 4) is 0 Å². The van der Waals surface area contributed by atoms with E-state index >= 15 is 0 Å². The molecule has 0 bridgehead atoms. The number of hydrogen-bond acceptors (Lipinski definition) is 5. The number of nitrogens with zero attached hydrogens (tertiary/aromatic N) is 3. The van der Waals surface area contributed by atoms with Gasteiger partial charge in [-0.15, -0.1) is 0 Å². The van der Waals surface area contributed by atoms with E-state index in [9.17, 15) is 9.59 Å². The van der Waals surface area contributed by atoms with E-state index in [1.54, 1.807) is 6.20 Å². The summed E-state index contributed by atoms with van der Waals surface area (Å²) in [5, 5.41) is 9.23. The summed E-state index contributed by atoms with van der Waals surface area (Å²) in [6, 6.07) is 2.06. The van der Waals surface area contributed by atoms with Crippen LogP contribution in [0.2, 0.25) is 0 Å². The highest BCUT2D eigenvalue weighted by molar-refractivity contribution is 7.99. The van der Waals surface area contributed by atoms with Crippen LogP contribution in [0.25, 0.3) is 0 Å². The molecule has 1 heterocycles. The highest BCUT2D eigenvalue weighted by Crippen LogP contribution is 2.22. The Morgan fingerprint density at radius 3 is 2.90 bits per heavy atom. The van der Waals surface area contributed by atoms with E-state index in [0.717, 1.165) is 18.3 Å². The summed E-state index contributed by atoms with van der Waals surface area (Å²) >= 11 is 1.09. The largest absolute Gasteiger partial charge is 0.481 e. The van der Waals surface area contributed by atoms with Gasteiger partial charge in [0.2, 0.25) is 0 Å². The SMILES string of the molecule is CN(CCn1ccc(=O)nc1SCC(=O)O)C1CCCC1. The zero-order chi connectivity index (χ0) is 15.2. The molecule has 0 saturated heterocycles. The molecule has 6 nitrogen and oxygen atoms in total. The zero-order valence-electron chi connectivity index (χ0n) is 12.2. The minimum absolute atomic E-state index is 0.0884. The molecule has 1 aliphatic rings. The second-order valence-corrected chi connectivity index (χ2v) is 6.29. The van der Waals surface area contributed by atoms with Crippen molar-refractivity contribution >= 4 is 17.7 Å². The second-order valence-electron chi connectivity index (χ2n) is 5.34. The molecule has 0 unspecified atom stereocenters. The van der Waals surface area contributed by atoms with Gasteiger partial charge in [0.05, 0.1) is 5.75 Å². The molecule has 0 radical (unpaired) electrons. The zero-order valence-corrected chi connectivity index (χ0v) is 13.0. The number of thioether (sulfide) groups is 1. The van der Waals surface area contributed by atoms with Crippen LogP contribution in [-0.4, -0.2) is 50.9 Å². The molecule has 1 fully saturated rings. The Hall–Kier alpha value is -1.34. The maximum atomic E-state index is 11.3. The summed E-state index contributed by atoms with van der Waals surface area (Å²) in [6.45, 7) is 1.58. The van der Waals surface area contributed by atoms with Gasteiger partial charge >= 0.3 is 5.97 Å². The van der Waals surface area contributed by atoms with E-state index in [0.29, 0.717) is 17.7 Å². The Kier molecular flexibility index (Phi) is 5.81. The van der Waals surface area contributed by atoms with Gasteiger partial charge in [-0.3, -0.25) is 9.59 Å². The topological polar surface area (TPSA) is 75.4 Å². The molecule has 0 aliphatic heterocycles. The van der Waals surface area contributed by atoms with E-state index in [-0.39, 0.29) is 11.3 Å². The molecule has 1 N–H and O–H groups in total. The molecule has 0 aromatic carbocycles. The highest BCUT2D eigenvalue weighted by Gasteiger charge is 2.19. The number of likely N-dealkylation sites (N-methyl/N-ethyl adjacent to an activating group) is 1. The molecule has 1 aromatic rings. The molecule has 0 atom stereocenters. The van der Waals surface area contributed by atoms with Crippen LogP contribution >= 0.6 is 11.8 Å². The number of hydrogen-bond donors (Lipinski definition) is 1. The Balaban J connectivity index is 1.97. The quantitative estimate of drug-likeness (QED) is 0.604. The molecule has 1 aromatic heterocycles. The lowest BCUT2D eigenvalue weighted by Crippen LogP contribution is -2.32. The van der Waals surface area contributed by atoms with Gasteiger partial charge in [0.15, 0.2) is 5.16 Å². The van der Waals surface area contributed by atoms with Crippen LogP contribution < -0.4 is 5.56 Å². The third-order valence-corrected chi connectivity index (χ3v) is 4.79. The van der Waals surface area contributed by atoms with Gasteiger partial charge in [-0.25, -0.2) is 0 Å². The fraction of sp³-hybridized carbons (Fsp3) is 0.643. The van der Waals surface area contributed by atoms with Crippen molar-refractivity contribution in [1.29, 1.82) is 0 Å². The smallest absolute Gasteiger partial charge is 0.313 e. The summed E-state index contributed by atoms with van der Waals surface area (Å²) in [5.41, 5.74) is -0.330. The molecule has 21 heavy (non-hydrogen) atoms. The van der Waals surface area contributed by atoms with Crippen LogP contribution in [0.3, 0.4) is 0 Å². The van der Waals surface area contributed by atoms with Crippen molar-refractivity contribution in [1.82, 2.24) is 14.5 Å². The van der Waals surface area contributed by atoms with Crippen LogP contribution in [0.15, 0.2) is 22.2 Å². The first kappa shape index (κ1) is 16.0. The summed E-state index contributed by atoms with van der Waals surface area (Å²) in [6.07, 6.45) is 6.80. The molecular weight excluding hydrogens is 290 g/mol. The van der Waals surface area contributed by atoms with Gasteiger partial charge < -0.3 is 14.6 Å². The maximum Gasteiger partial charge on any atom is 0.313 e. The van der Waals surface area contributed by atoms with Gasteiger partial charge in [-0.1, -0.05) is 24.6 Å². The van der Waals surface area contributed by atoms with E-state index in [1.165, 1.54) is 31.7 Å². The van der Waals surface area contributed by atoms with E-state index in [4.69, 9.17) is 5.11 Å². The monoisotopic (exact) mass is 311 g/mol. The average molecular weight is 311 g/mol. The van der Waals surface area contributed by atoms with Crippen LogP contribution in [0.5, 0.6) is 0 Å². The molecule has 1 aliphatic carbocycles. The number of carboxylic acid groups (broad SMARTS) is 1. The lowest BCUT2D eigenvalue weighted by molar-refractivity contribution is -0.133. The number of rotatable bonds is 7. The minimum Gasteiger partial charge on any atom is -0.481 e. The predicted molar refractivity (Wildman–Crippen MR) is 81.7 cm³/mol. The molecule has 0 spiro atoms. The Labute approximate surface area is 128 Å². The standard InChI is InChI=1S/C14H21N3O3S/c1-16(11-4-2-3-5-11)8-9-17-7-6-12(18)15-14(17)21-10-13(19)20/h6-7,11H,2-5,8-10H2,1H3,(H,19,20). The minimum atomic E-state index is -0.910. The Morgan fingerprint density at radius 2 is 2.24 bits per heavy atom. The second kappa shape index (κ2) is 7.61. The first-order valence-corrected chi connectivity index (χ1v) is 8.17. The molecule has 116 valence electrons. The normalized spacial score (nSPS) is 15.7. The third-order valence-electron chi connectivity index (χ3n) is 3.81. The van der Waals surface area contributed by atoms with Crippen molar-refractivity contribution in [2.45, 2.75) is 43.4 Å². The fourth-order valence-electron chi connectivity index (χ4n) is 2.62. The third kappa shape index (κ3) is 4.86. The van der Waals surface area contributed by atoms with Gasteiger partial charge in [-0.2, -0.15) is 4.98 Å². The molecule has 1 saturated carbocycles. The number of carboxylic acids is 1. The molecule has 7 heteroatoms. The summed E-state index contributed by atoms with van der Waals surface area (Å²) in [4.78, 5) is 28.3. The van der Waals surface area contributed by atoms with E-state index < -0.39 is 5.97 Å². The van der Waals surface area contributed by atoms with Crippen molar-refractivity contribution < 1.29 is 9.90 Å². The Bertz CT molecular complexity index is 541. The highest BCUT2D eigenvalue weighted by atomic mass is 32.2. The summed E-state index contributed by atoms with van der Waals surface area (Å²) in [5.74, 6) is -0.998. The summed E-state index contributed by atoms with van der Waals surface area (Å²) < 4.78 is 1.86. The van der Waals surface area contributed by atoms with Gasteiger partial charge in [-0.05, 0) is 19.9 Å². The number of carbonyl (C=O) groups is 1. The van der Waals surface area contributed by atoms with E-state index in [1.807, 2.05) is 4.57 Å². The van der Waals surface area contributed by atoms with Crippen LogP contribution in [-0.2, 0) is 11.3 Å². The Morgan fingerprint density at radius 1 is 1.52 bits per heavy atom. The average Bonchev–Trinajstić information content (AvgIpc) is 2.98. The van der Waals surface area contributed by atoms with Crippen LogP contribution in [0.4, 0.5) is 0 Å². The van der Waals surface area contributed by atoms with E-state index in [2.05, 4.69) is 16.9 Å². The van der Waals surface area contributed by atoms with Crippen molar-refractivity contribution in [2.75, 3.05) is 19.3 Å². The van der Waals surface area contributed by atoms with Gasteiger partial charge in [0.1, 0.15) is 0 Å². The fourth-order valence-corrected chi connectivity index (χ4v) is 3.34. The molecular formula is C14H21N3O3S. The lowest BCUT2D eigenvalue weighted by atomic mass is 10.2. The van der Waals surface area contributed by atoms with Crippen molar-refractivity contribution in [3.63, 3.8) is 0 Å². The van der Waals surface area contributed by atoms with Crippen LogP contribution in [0, 0.1) is 0 Å². The lowest BCUT2D eigenvalue weighted by Gasteiger charge is -2.24. The number of aliphatic carboxylic acids is 1. The van der Waals surface area contributed by atoms with Gasteiger partial charge in [0, 0.05) is 31.4 Å². The molecule has 0 amide bonds. The van der Waals surface area contributed by atoms with Gasteiger partial charge in [0.25, 0.3) is 5.56 Å². The van der Waals surface area contributed by atoms with Crippen molar-refractivity contribution in [3.05, 3.63) is 22.6 Å². The first-order valence-electron chi connectivity index (χ1n) is 7.18. The van der Waals surface area contributed by atoms with Crippen LogP contribution in [0.1, 0.15) is 25.7 Å². The van der Waals surface area contributed by atoms with Crippen molar-refractivity contribution in [2.24, 2.45) is 0 Å². The first-order chi connectivity index (χ1) is 10.1. The number of aromatic nitrogens is 2. The summed E-state index contributed by atoms with van der Waals surface area (Å²) in [7, 11) is 2.12. The maximum absolute atomic E-state index is 11.3. The predicted octanol–water partition coefficient (Wildman–Crippen LogP) is 1.29. The molecule has 2 rings (SSSR count).